The molecule has 3 aromatic rings. The lowest BCUT2D eigenvalue weighted by molar-refractivity contribution is -0.168. The molecule has 0 amide bonds. The highest BCUT2D eigenvalue weighted by molar-refractivity contribution is 9.18. The van der Waals surface area contributed by atoms with Crippen LogP contribution >= 0.6 is 15.9 Å². The van der Waals surface area contributed by atoms with Gasteiger partial charge in [-0.15, -0.1) is 0 Å². The Morgan fingerprint density at radius 3 is 1.33 bits per heavy atom. The van der Waals surface area contributed by atoms with Gasteiger partial charge in [-0.05, 0) is 52.3 Å². The zero-order chi connectivity index (χ0) is 28.4. The summed E-state index contributed by atoms with van der Waals surface area (Å²) in [4.78, 5) is 63.9. The average Bonchev–Trinajstić information content (AvgIpc) is 2.97. The third-order valence-corrected chi connectivity index (χ3v) is 5.80. The van der Waals surface area contributed by atoms with Crippen molar-refractivity contribution in [1.29, 1.82) is 0 Å². The van der Waals surface area contributed by atoms with Gasteiger partial charge < -0.3 is 24.1 Å². The summed E-state index contributed by atoms with van der Waals surface area (Å²) < 4.78 is 19.8. The Balaban J connectivity index is 2.06. The number of carbonyl (C=O) groups is 5. The minimum atomic E-state index is -2.25. The highest BCUT2D eigenvalue weighted by Crippen LogP contribution is 2.23. The second kappa shape index (κ2) is 14.0. The van der Waals surface area contributed by atoms with Crippen LogP contribution in [0.1, 0.15) is 31.1 Å². The van der Waals surface area contributed by atoms with Crippen molar-refractivity contribution in [3.8, 4) is 0 Å². The van der Waals surface area contributed by atoms with E-state index < -0.39 is 53.0 Å². The summed E-state index contributed by atoms with van der Waals surface area (Å²) in [5, 5.41) is 10.8. The van der Waals surface area contributed by atoms with Crippen LogP contribution in [0.25, 0.3) is 0 Å². The first-order chi connectivity index (χ1) is 18.7. The molecule has 0 aliphatic heterocycles. The average molecular weight is 599 g/mol. The Morgan fingerprint density at radius 1 is 0.615 bits per heavy atom. The lowest BCUT2D eigenvalue weighted by Gasteiger charge is -2.32. The van der Waals surface area contributed by atoms with E-state index in [-0.39, 0.29) is 16.7 Å². The maximum Gasteiger partial charge on any atom is 0.339 e. The predicted molar refractivity (Wildman–Crippen MR) is 139 cm³/mol. The standard InChI is InChI=1S/C28H23BrO10/c1-36-28(35)20(30)21(37-25(32)17-11-5-2-6-12-17)22(38-26(33)18-13-7-3-8-14-18)23(24(29)31)39-27(34)19-15-9-4-10-16-19/h2-16,20-23,30H,1H3/t20-,21+,22-,23+/m0/s1. The topological polar surface area (TPSA) is 143 Å². The second-order valence-electron chi connectivity index (χ2n) is 7.94. The predicted octanol–water partition coefficient (Wildman–Crippen LogP) is 3.12. The third kappa shape index (κ3) is 7.82. The molecule has 0 spiro atoms. The van der Waals surface area contributed by atoms with Crippen LogP contribution in [0, 0.1) is 0 Å². The van der Waals surface area contributed by atoms with Crippen molar-refractivity contribution in [2.75, 3.05) is 7.11 Å². The lowest BCUT2D eigenvalue weighted by atomic mass is 10.0. The molecule has 11 heteroatoms. The molecule has 10 nitrogen and oxygen atoms in total. The molecule has 3 rings (SSSR count). The number of esters is 4. The number of benzene rings is 3. The van der Waals surface area contributed by atoms with Crippen LogP contribution in [0.4, 0.5) is 0 Å². The number of rotatable bonds is 11. The van der Waals surface area contributed by atoms with Crippen LogP contribution in [0.15, 0.2) is 91.0 Å². The van der Waals surface area contributed by atoms with Gasteiger partial charge in [0.1, 0.15) is 0 Å². The van der Waals surface area contributed by atoms with Gasteiger partial charge >= 0.3 is 23.9 Å². The van der Waals surface area contributed by atoms with Crippen LogP contribution in [-0.2, 0) is 28.5 Å². The maximum absolute atomic E-state index is 13.0. The fourth-order valence-electron chi connectivity index (χ4n) is 3.40. The quantitative estimate of drug-likeness (QED) is 0.199. The van der Waals surface area contributed by atoms with Crippen molar-refractivity contribution in [2.45, 2.75) is 24.4 Å². The number of hydrogen-bond donors (Lipinski definition) is 1. The van der Waals surface area contributed by atoms with Gasteiger partial charge in [-0.3, -0.25) is 4.79 Å². The molecule has 0 bridgehead atoms. The summed E-state index contributed by atoms with van der Waals surface area (Å²) in [5.74, 6) is -4.31. The first-order valence-corrected chi connectivity index (χ1v) is 12.3. The second-order valence-corrected chi connectivity index (χ2v) is 8.72. The summed E-state index contributed by atoms with van der Waals surface area (Å²) in [6.45, 7) is 0. The van der Waals surface area contributed by atoms with Crippen LogP contribution in [-0.4, -0.2) is 65.2 Å². The molecule has 39 heavy (non-hydrogen) atoms. The Kier molecular flexibility index (Phi) is 10.5. The minimum absolute atomic E-state index is 0.0238. The minimum Gasteiger partial charge on any atom is -0.467 e. The van der Waals surface area contributed by atoms with Crippen LogP contribution in [0.3, 0.4) is 0 Å². The number of hydrogen-bond acceptors (Lipinski definition) is 10. The molecule has 0 aliphatic rings. The normalized spacial score (nSPS) is 13.6. The molecule has 0 unspecified atom stereocenters. The highest BCUT2D eigenvalue weighted by Gasteiger charge is 2.47. The molecule has 202 valence electrons. The zero-order valence-corrected chi connectivity index (χ0v) is 22.1. The van der Waals surface area contributed by atoms with Crippen molar-refractivity contribution in [1.82, 2.24) is 0 Å². The van der Waals surface area contributed by atoms with Gasteiger partial charge in [-0.1, -0.05) is 54.6 Å². The number of aliphatic hydroxyl groups is 1. The van der Waals surface area contributed by atoms with Crippen molar-refractivity contribution in [3.63, 3.8) is 0 Å². The van der Waals surface area contributed by atoms with Crippen LogP contribution < -0.4 is 0 Å². The van der Waals surface area contributed by atoms with E-state index in [0.717, 1.165) is 7.11 Å². The molecule has 0 saturated heterocycles. The van der Waals surface area contributed by atoms with E-state index in [1.165, 1.54) is 36.4 Å². The van der Waals surface area contributed by atoms with Gasteiger partial charge in [0.2, 0.25) is 10.8 Å². The number of methoxy groups -OCH3 is 1. The van der Waals surface area contributed by atoms with Crippen LogP contribution in [0.2, 0.25) is 0 Å². The molecule has 3 aromatic carbocycles. The maximum atomic E-state index is 13.0. The number of ether oxygens (including phenoxy) is 4. The Hall–Kier alpha value is -4.35. The number of aliphatic hydroxyl groups excluding tert-OH is 1. The number of halogens is 1. The molecule has 0 fully saturated rings. The molecule has 4 atom stereocenters. The largest absolute Gasteiger partial charge is 0.467 e. The monoisotopic (exact) mass is 598 g/mol. The van der Waals surface area contributed by atoms with E-state index in [0.29, 0.717) is 0 Å². The van der Waals surface area contributed by atoms with Gasteiger partial charge in [0, 0.05) is 0 Å². The summed E-state index contributed by atoms with van der Waals surface area (Å²) >= 11 is 2.73. The van der Waals surface area contributed by atoms with Gasteiger partial charge in [-0.2, -0.15) is 0 Å². The van der Waals surface area contributed by atoms with Crippen molar-refractivity contribution >= 4 is 44.5 Å². The first kappa shape index (κ1) is 29.2. The SMILES string of the molecule is COC(=O)[C@@H](O)[C@@H](OC(=O)c1ccccc1)[C@H](OC(=O)c1ccccc1)[C@@H](OC(=O)c1ccccc1)C(=O)Br. The fraction of sp³-hybridized carbons (Fsp3) is 0.179. The first-order valence-electron chi connectivity index (χ1n) is 11.5. The summed E-state index contributed by atoms with van der Waals surface area (Å²) in [6, 6.07) is 22.7. The van der Waals surface area contributed by atoms with E-state index in [1.54, 1.807) is 54.6 Å². The Bertz CT molecular complexity index is 1300. The summed E-state index contributed by atoms with van der Waals surface area (Å²) in [6.07, 6.45) is -8.27. The molecule has 0 saturated carbocycles. The van der Waals surface area contributed by atoms with E-state index in [9.17, 15) is 29.1 Å². The van der Waals surface area contributed by atoms with Crippen molar-refractivity contribution in [3.05, 3.63) is 108 Å². The van der Waals surface area contributed by atoms with Gasteiger partial charge in [0.15, 0.2) is 18.3 Å². The van der Waals surface area contributed by atoms with E-state index >= 15 is 0 Å². The lowest BCUT2D eigenvalue weighted by Crippen LogP contribution is -2.54. The van der Waals surface area contributed by atoms with Gasteiger partial charge in [-0.25, -0.2) is 19.2 Å². The molecular formula is C28H23BrO10. The van der Waals surface area contributed by atoms with Crippen molar-refractivity contribution in [2.24, 2.45) is 0 Å². The smallest absolute Gasteiger partial charge is 0.339 e. The van der Waals surface area contributed by atoms with E-state index in [1.807, 2.05) is 0 Å². The van der Waals surface area contributed by atoms with Gasteiger partial charge in [0.25, 0.3) is 0 Å². The molecule has 0 aliphatic carbocycles. The number of carbonyl (C=O) groups excluding carboxylic acids is 5. The Morgan fingerprint density at radius 2 is 0.974 bits per heavy atom. The van der Waals surface area contributed by atoms with Crippen molar-refractivity contribution < 1.29 is 48.0 Å². The van der Waals surface area contributed by atoms with Crippen LogP contribution in [0.5, 0.6) is 0 Å². The van der Waals surface area contributed by atoms with E-state index in [2.05, 4.69) is 20.7 Å². The fourth-order valence-corrected chi connectivity index (χ4v) is 3.75. The summed E-state index contributed by atoms with van der Waals surface area (Å²) in [7, 11) is 0.967. The molecule has 0 radical (unpaired) electrons. The highest BCUT2D eigenvalue weighted by atomic mass is 79.9. The third-order valence-electron chi connectivity index (χ3n) is 5.35. The summed E-state index contributed by atoms with van der Waals surface area (Å²) in [5.41, 5.74) is 0.102. The molecule has 1 N–H and O–H groups in total. The zero-order valence-electron chi connectivity index (χ0n) is 20.5. The Labute approximate surface area is 231 Å². The van der Waals surface area contributed by atoms with E-state index in [4.69, 9.17) is 14.2 Å². The molecule has 0 aromatic heterocycles. The van der Waals surface area contributed by atoms with Gasteiger partial charge in [0.05, 0.1) is 23.8 Å². The molecular weight excluding hydrogens is 576 g/mol. The molecule has 0 heterocycles.